The highest BCUT2D eigenvalue weighted by Crippen LogP contribution is 2.17. The molecule has 1 N–H and O–H groups in total. The summed E-state index contributed by atoms with van der Waals surface area (Å²) in [6.07, 6.45) is 2.00. The van der Waals surface area contributed by atoms with Gasteiger partial charge in [0.25, 0.3) is 0 Å². The third kappa shape index (κ3) is 4.63. The third-order valence-electron chi connectivity index (χ3n) is 1.81. The van der Waals surface area contributed by atoms with E-state index in [-0.39, 0.29) is 5.75 Å². The standard InChI is InChI=1S/C8H14ClN3O2S2/c1-2-7-10-11-8(15-7)12-16(13,14)6-4-3-5-9/h2-6H2,1H3,(H,11,12). The van der Waals surface area contributed by atoms with Crippen molar-refractivity contribution in [3.63, 3.8) is 0 Å². The molecule has 0 saturated carbocycles. The second-order valence-corrected chi connectivity index (χ2v) is 6.45. The Bertz CT molecular complexity index is 419. The zero-order chi connectivity index (χ0) is 12.0. The topological polar surface area (TPSA) is 72.0 Å². The molecule has 0 spiro atoms. The first-order chi connectivity index (χ1) is 7.57. The Labute approximate surface area is 104 Å². The van der Waals surface area contributed by atoms with Gasteiger partial charge in [-0.05, 0) is 19.3 Å². The zero-order valence-electron chi connectivity index (χ0n) is 8.94. The maximum absolute atomic E-state index is 11.6. The SMILES string of the molecule is CCc1nnc(NS(=O)(=O)CCCCCl)s1. The zero-order valence-corrected chi connectivity index (χ0v) is 11.3. The fourth-order valence-corrected chi connectivity index (χ4v) is 3.27. The molecule has 5 nitrogen and oxygen atoms in total. The largest absolute Gasteiger partial charge is 0.257 e. The first kappa shape index (κ1) is 13.7. The van der Waals surface area contributed by atoms with E-state index >= 15 is 0 Å². The molecule has 16 heavy (non-hydrogen) atoms. The van der Waals surface area contributed by atoms with Gasteiger partial charge in [-0.3, -0.25) is 4.72 Å². The molecule has 0 atom stereocenters. The van der Waals surface area contributed by atoms with E-state index in [1.807, 2.05) is 6.92 Å². The molecule has 1 aromatic heterocycles. The van der Waals surface area contributed by atoms with Gasteiger partial charge in [0.15, 0.2) is 0 Å². The average Bonchev–Trinajstić information content (AvgIpc) is 2.65. The van der Waals surface area contributed by atoms with Gasteiger partial charge in [0.05, 0.1) is 5.75 Å². The van der Waals surface area contributed by atoms with E-state index in [4.69, 9.17) is 11.6 Å². The number of rotatable bonds is 7. The number of aryl methyl sites for hydroxylation is 1. The summed E-state index contributed by atoms with van der Waals surface area (Å²) < 4.78 is 25.5. The lowest BCUT2D eigenvalue weighted by molar-refractivity contribution is 0.598. The summed E-state index contributed by atoms with van der Waals surface area (Å²) in [5, 5.41) is 8.74. The van der Waals surface area contributed by atoms with Gasteiger partial charge in [0, 0.05) is 5.88 Å². The van der Waals surface area contributed by atoms with E-state index in [1.165, 1.54) is 11.3 Å². The van der Waals surface area contributed by atoms with Crippen molar-refractivity contribution >= 4 is 38.1 Å². The molecule has 0 bridgehead atoms. The lowest BCUT2D eigenvalue weighted by atomic mass is 10.4. The molecule has 0 saturated heterocycles. The third-order valence-corrected chi connectivity index (χ3v) is 4.52. The van der Waals surface area contributed by atoms with Crippen LogP contribution in [0.15, 0.2) is 0 Å². The minimum atomic E-state index is -3.30. The smallest absolute Gasteiger partial charge is 0.234 e. The van der Waals surface area contributed by atoms with Crippen LogP contribution in [0.5, 0.6) is 0 Å². The van der Waals surface area contributed by atoms with E-state index in [0.29, 0.717) is 23.9 Å². The molecular formula is C8H14ClN3O2S2. The van der Waals surface area contributed by atoms with Gasteiger partial charge >= 0.3 is 0 Å². The number of unbranched alkanes of at least 4 members (excludes halogenated alkanes) is 1. The quantitative estimate of drug-likeness (QED) is 0.612. The molecule has 1 heterocycles. The summed E-state index contributed by atoms with van der Waals surface area (Å²) in [5.74, 6) is 0.551. The number of anilines is 1. The van der Waals surface area contributed by atoms with Crippen LogP contribution in [0.2, 0.25) is 0 Å². The van der Waals surface area contributed by atoms with E-state index < -0.39 is 10.0 Å². The highest BCUT2D eigenvalue weighted by atomic mass is 35.5. The van der Waals surface area contributed by atoms with Gasteiger partial charge in [0.1, 0.15) is 5.01 Å². The van der Waals surface area contributed by atoms with Gasteiger partial charge in [-0.2, -0.15) is 0 Å². The summed E-state index contributed by atoms with van der Waals surface area (Å²) in [6.45, 7) is 1.94. The molecule has 0 radical (unpaired) electrons. The van der Waals surface area contributed by atoms with E-state index in [0.717, 1.165) is 11.4 Å². The molecule has 1 rings (SSSR count). The number of hydrogen-bond donors (Lipinski definition) is 1. The van der Waals surface area contributed by atoms with Crippen LogP contribution in [0.25, 0.3) is 0 Å². The fourth-order valence-electron chi connectivity index (χ4n) is 1.01. The maximum atomic E-state index is 11.6. The van der Waals surface area contributed by atoms with E-state index in [2.05, 4.69) is 14.9 Å². The lowest BCUT2D eigenvalue weighted by Crippen LogP contribution is -2.16. The highest BCUT2D eigenvalue weighted by molar-refractivity contribution is 7.92. The highest BCUT2D eigenvalue weighted by Gasteiger charge is 2.12. The molecule has 0 unspecified atom stereocenters. The fraction of sp³-hybridized carbons (Fsp3) is 0.750. The van der Waals surface area contributed by atoms with Gasteiger partial charge in [0.2, 0.25) is 15.2 Å². The Morgan fingerprint density at radius 1 is 1.38 bits per heavy atom. The molecule has 8 heteroatoms. The molecule has 0 aliphatic carbocycles. The van der Waals surface area contributed by atoms with Crippen molar-refractivity contribution in [3.8, 4) is 0 Å². The Balaban J connectivity index is 2.51. The predicted octanol–water partition coefficient (Wildman–Crippen LogP) is 1.86. The molecular weight excluding hydrogens is 270 g/mol. The van der Waals surface area contributed by atoms with Gasteiger partial charge in [-0.1, -0.05) is 18.3 Å². The number of sulfonamides is 1. The van der Waals surface area contributed by atoms with Crippen molar-refractivity contribution in [1.29, 1.82) is 0 Å². The molecule has 0 aromatic carbocycles. The predicted molar refractivity (Wildman–Crippen MR) is 66.7 cm³/mol. The first-order valence-electron chi connectivity index (χ1n) is 4.96. The Morgan fingerprint density at radius 2 is 2.12 bits per heavy atom. The van der Waals surface area contributed by atoms with Crippen molar-refractivity contribution in [3.05, 3.63) is 5.01 Å². The molecule has 0 aliphatic heterocycles. The van der Waals surface area contributed by atoms with Crippen LogP contribution < -0.4 is 4.72 Å². The van der Waals surface area contributed by atoms with E-state index in [1.54, 1.807) is 0 Å². The van der Waals surface area contributed by atoms with Crippen LogP contribution in [0.3, 0.4) is 0 Å². The summed E-state index contributed by atoms with van der Waals surface area (Å²) in [7, 11) is -3.30. The van der Waals surface area contributed by atoms with Crippen molar-refractivity contribution in [2.75, 3.05) is 16.4 Å². The van der Waals surface area contributed by atoms with E-state index in [9.17, 15) is 8.42 Å². The van der Waals surface area contributed by atoms with Crippen molar-refractivity contribution < 1.29 is 8.42 Å². The lowest BCUT2D eigenvalue weighted by Gasteiger charge is -2.02. The molecule has 0 fully saturated rings. The normalized spacial score (nSPS) is 11.6. The van der Waals surface area contributed by atoms with Crippen LogP contribution >= 0.6 is 22.9 Å². The van der Waals surface area contributed by atoms with Gasteiger partial charge < -0.3 is 0 Å². The van der Waals surface area contributed by atoms with Crippen LogP contribution in [-0.4, -0.2) is 30.2 Å². The summed E-state index contributed by atoms with van der Waals surface area (Å²) in [5.41, 5.74) is 0. The first-order valence-corrected chi connectivity index (χ1v) is 7.96. The molecule has 0 aliphatic rings. The Hall–Kier alpha value is -0.400. The number of aromatic nitrogens is 2. The van der Waals surface area contributed by atoms with Crippen LogP contribution in [0.1, 0.15) is 24.8 Å². The number of halogens is 1. The maximum Gasteiger partial charge on any atom is 0.234 e. The number of hydrogen-bond acceptors (Lipinski definition) is 5. The van der Waals surface area contributed by atoms with Gasteiger partial charge in [-0.25, -0.2) is 8.42 Å². The van der Waals surface area contributed by atoms with Crippen molar-refractivity contribution in [1.82, 2.24) is 10.2 Å². The number of alkyl halides is 1. The second kappa shape index (κ2) is 6.36. The van der Waals surface area contributed by atoms with Crippen LogP contribution in [0.4, 0.5) is 5.13 Å². The Morgan fingerprint density at radius 3 is 2.69 bits per heavy atom. The molecule has 92 valence electrons. The van der Waals surface area contributed by atoms with Crippen molar-refractivity contribution in [2.24, 2.45) is 0 Å². The monoisotopic (exact) mass is 283 g/mol. The summed E-state index contributed by atoms with van der Waals surface area (Å²) >= 11 is 6.74. The summed E-state index contributed by atoms with van der Waals surface area (Å²) in [6, 6.07) is 0. The number of nitrogens with zero attached hydrogens (tertiary/aromatic N) is 2. The second-order valence-electron chi connectivity index (χ2n) is 3.17. The minimum Gasteiger partial charge on any atom is -0.257 e. The van der Waals surface area contributed by atoms with Crippen LogP contribution in [0, 0.1) is 0 Å². The number of nitrogens with one attached hydrogen (secondary N) is 1. The van der Waals surface area contributed by atoms with Gasteiger partial charge in [-0.15, -0.1) is 21.8 Å². The molecule has 1 aromatic rings. The average molecular weight is 284 g/mol. The molecule has 0 amide bonds. The summed E-state index contributed by atoms with van der Waals surface area (Å²) in [4.78, 5) is 0. The minimum absolute atomic E-state index is 0.0702. The van der Waals surface area contributed by atoms with Crippen molar-refractivity contribution in [2.45, 2.75) is 26.2 Å². The Kier molecular flexibility index (Phi) is 5.43. The van der Waals surface area contributed by atoms with Crippen LogP contribution in [-0.2, 0) is 16.4 Å².